The van der Waals surface area contributed by atoms with Gasteiger partial charge in [-0.05, 0) is 42.7 Å². The number of ether oxygens (including phenoxy) is 2. The Hall–Kier alpha value is -3.55. The number of aromatic nitrogens is 2. The maximum absolute atomic E-state index is 12.8. The zero-order valence-corrected chi connectivity index (χ0v) is 21.2. The van der Waals surface area contributed by atoms with Gasteiger partial charge in [-0.3, -0.25) is 9.59 Å². The van der Waals surface area contributed by atoms with Gasteiger partial charge in [0, 0.05) is 26.6 Å². The lowest BCUT2D eigenvalue weighted by Gasteiger charge is -2.18. The van der Waals surface area contributed by atoms with Crippen LogP contribution in [0.15, 0.2) is 42.5 Å². The van der Waals surface area contributed by atoms with Crippen LogP contribution in [-0.4, -0.2) is 60.6 Å². The van der Waals surface area contributed by atoms with Crippen molar-refractivity contribution in [2.24, 2.45) is 0 Å². The van der Waals surface area contributed by atoms with Crippen molar-refractivity contribution in [3.05, 3.63) is 53.9 Å². The summed E-state index contributed by atoms with van der Waals surface area (Å²) in [4.78, 5) is 31.8. The van der Waals surface area contributed by atoms with Crippen molar-refractivity contribution in [3.8, 4) is 11.5 Å². The van der Waals surface area contributed by atoms with Gasteiger partial charge in [-0.1, -0.05) is 31.5 Å². The molecule has 3 aromatic rings. The number of nitrogens with one attached hydrogen (secondary N) is 1. The van der Waals surface area contributed by atoms with E-state index in [0.29, 0.717) is 24.5 Å². The van der Waals surface area contributed by atoms with E-state index in [1.54, 1.807) is 25.2 Å². The Morgan fingerprint density at radius 3 is 2.57 bits per heavy atom. The number of carbonyl (C=O) groups is 2. The second kappa shape index (κ2) is 12.8. The maximum Gasteiger partial charge on any atom is 0.242 e. The van der Waals surface area contributed by atoms with Gasteiger partial charge in [-0.2, -0.15) is 0 Å². The largest absolute Gasteiger partial charge is 0.493 e. The van der Waals surface area contributed by atoms with Crippen LogP contribution in [0.4, 0.5) is 0 Å². The van der Waals surface area contributed by atoms with E-state index in [1.807, 2.05) is 48.0 Å². The first-order valence-electron chi connectivity index (χ1n) is 12.1. The number of carbonyl (C=O) groups excluding carboxylic acids is 2. The van der Waals surface area contributed by atoms with Crippen LogP contribution >= 0.6 is 0 Å². The molecule has 1 heterocycles. The van der Waals surface area contributed by atoms with Crippen LogP contribution in [0.1, 0.15) is 37.6 Å². The molecule has 1 aromatic heterocycles. The van der Waals surface area contributed by atoms with E-state index in [1.165, 1.54) is 0 Å². The smallest absolute Gasteiger partial charge is 0.242 e. The lowest BCUT2D eigenvalue weighted by Crippen LogP contribution is -2.31. The van der Waals surface area contributed by atoms with Gasteiger partial charge in [0.05, 0.1) is 31.7 Å². The summed E-state index contributed by atoms with van der Waals surface area (Å²) in [5.74, 6) is 2.11. The number of unbranched alkanes of at least 4 members (excludes halogenated alkanes) is 1. The predicted octanol–water partition coefficient (Wildman–Crippen LogP) is 3.60. The molecule has 8 nitrogen and oxygen atoms in total. The second-order valence-corrected chi connectivity index (χ2v) is 8.59. The summed E-state index contributed by atoms with van der Waals surface area (Å²) in [6, 6.07) is 13.3. The molecule has 0 fully saturated rings. The molecule has 3 rings (SSSR count). The summed E-state index contributed by atoms with van der Waals surface area (Å²) in [5.41, 5.74) is 2.69. The summed E-state index contributed by atoms with van der Waals surface area (Å²) < 4.78 is 12.6. The average molecular weight is 481 g/mol. The Kier molecular flexibility index (Phi) is 9.52. The first-order chi connectivity index (χ1) is 17.0. The van der Waals surface area contributed by atoms with Crippen LogP contribution in [-0.2, 0) is 29.0 Å². The molecule has 0 aliphatic carbocycles. The van der Waals surface area contributed by atoms with Gasteiger partial charge >= 0.3 is 0 Å². The van der Waals surface area contributed by atoms with Crippen LogP contribution in [0, 0.1) is 0 Å². The molecule has 0 saturated carbocycles. The SMILES string of the molecule is CCCCN(C)C(=O)Cn1c(CCCNC(=O)Cc2ccc(OC)c(OC)c2)nc2ccccc21. The number of hydrogen-bond acceptors (Lipinski definition) is 5. The Balaban J connectivity index is 1.57. The van der Waals surface area contributed by atoms with Gasteiger partial charge in [-0.25, -0.2) is 4.98 Å². The number of rotatable bonds is 13. The standard InChI is InChI=1S/C27H36N4O4/c1-5-6-16-30(2)27(33)19-31-22-11-8-7-10-21(22)29-25(31)12-9-15-28-26(32)18-20-13-14-23(34-3)24(17-20)35-4/h7-8,10-11,13-14,17H,5-6,9,12,15-16,18-19H2,1-4H3,(H,28,32). The minimum absolute atomic E-state index is 0.0570. The zero-order valence-electron chi connectivity index (χ0n) is 21.2. The summed E-state index contributed by atoms with van der Waals surface area (Å²) >= 11 is 0. The fourth-order valence-electron chi connectivity index (χ4n) is 3.98. The van der Waals surface area contributed by atoms with E-state index >= 15 is 0 Å². The molecular formula is C27H36N4O4. The van der Waals surface area contributed by atoms with Crippen molar-refractivity contribution in [1.29, 1.82) is 0 Å². The van der Waals surface area contributed by atoms with Crippen molar-refractivity contribution in [1.82, 2.24) is 19.8 Å². The maximum atomic E-state index is 12.8. The third-order valence-corrected chi connectivity index (χ3v) is 6.01. The van der Waals surface area contributed by atoms with Crippen LogP contribution in [0.3, 0.4) is 0 Å². The number of amides is 2. The molecule has 0 aliphatic heterocycles. The third kappa shape index (κ3) is 6.97. The summed E-state index contributed by atoms with van der Waals surface area (Å²) in [6.45, 7) is 3.66. The predicted molar refractivity (Wildman–Crippen MR) is 137 cm³/mol. The Morgan fingerprint density at radius 1 is 1.06 bits per heavy atom. The number of likely N-dealkylation sites (N-methyl/N-ethyl adjacent to an activating group) is 1. The third-order valence-electron chi connectivity index (χ3n) is 6.01. The highest BCUT2D eigenvalue weighted by Gasteiger charge is 2.16. The highest BCUT2D eigenvalue weighted by molar-refractivity contribution is 5.81. The van der Waals surface area contributed by atoms with Gasteiger partial charge in [-0.15, -0.1) is 0 Å². The molecule has 0 spiro atoms. The van der Waals surface area contributed by atoms with Crippen molar-refractivity contribution in [2.75, 3.05) is 34.4 Å². The molecule has 0 atom stereocenters. The van der Waals surface area contributed by atoms with E-state index in [9.17, 15) is 9.59 Å². The fraction of sp³-hybridized carbons (Fsp3) is 0.444. The summed E-state index contributed by atoms with van der Waals surface area (Å²) in [5, 5.41) is 2.98. The van der Waals surface area contributed by atoms with Crippen LogP contribution in [0.2, 0.25) is 0 Å². The van der Waals surface area contributed by atoms with E-state index in [0.717, 1.165) is 48.2 Å². The minimum atomic E-state index is -0.0570. The van der Waals surface area contributed by atoms with Crippen LogP contribution in [0.25, 0.3) is 11.0 Å². The number of imidazole rings is 1. The van der Waals surface area contributed by atoms with Crippen molar-refractivity contribution < 1.29 is 19.1 Å². The summed E-state index contributed by atoms with van der Waals surface area (Å²) in [7, 11) is 5.01. The van der Waals surface area contributed by atoms with Crippen molar-refractivity contribution in [2.45, 2.75) is 45.6 Å². The number of hydrogen-bond donors (Lipinski definition) is 1. The Bertz CT molecular complexity index is 1140. The number of para-hydroxylation sites is 2. The fourth-order valence-corrected chi connectivity index (χ4v) is 3.98. The van der Waals surface area contributed by atoms with E-state index in [-0.39, 0.29) is 24.8 Å². The van der Waals surface area contributed by atoms with Gasteiger partial charge in [0.25, 0.3) is 0 Å². The molecule has 0 aliphatic rings. The number of nitrogens with zero attached hydrogens (tertiary/aromatic N) is 3. The molecule has 2 amide bonds. The number of methoxy groups -OCH3 is 2. The molecule has 1 N–H and O–H groups in total. The molecule has 0 radical (unpaired) electrons. The summed E-state index contributed by atoms with van der Waals surface area (Å²) in [6.07, 6.45) is 3.69. The topological polar surface area (TPSA) is 85.7 Å². The first-order valence-corrected chi connectivity index (χ1v) is 12.1. The number of aryl methyl sites for hydroxylation is 1. The molecule has 2 aromatic carbocycles. The van der Waals surface area contributed by atoms with E-state index in [2.05, 4.69) is 12.2 Å². The average Bonchev–Trinajstić information content (AvgIpc) is 3.22. The molecule has 0 saturated heterocycles. The highest BCUT2D eigenvalue weighted by Crippen LogP contribution is 2.27. The van der Waals surface area contributed by atoms with Crippen LogP contribution in [0.5, 0.6) is 11.5 Å². The normalized spacial score (nSPS) is 10.9. The monoisotopic (exact) mass is 480 g/mol. The number of fused-ring (bicyclic) bond motifs is 1. The lowest BCUT2D eigenvalue weighted by molar-refractivity contribution is -0.130. The van der Waals surface area contributed by atoms with Crippen molar-refractivity contribution >= 4 is 22.8 Å². The van der Waals surface area contributed by atoms with Crippen molar-refractivity contribution in [3.63, 3.8) is 0 Å². The van der Waals surface area contributed by atoms with Gasteiger partial charge in [0.2, 0.25) is 11.8 Å². The zero-order chi connectivity index (χ0) is 25.2. The minimum Gasteiger partial charge on any atom is -0.493 e. The lowest BCUT2D eigenvalue weighted by atomic mass is 10.1. The molecule has 0 bridgehead atoms. The quantitative estimate of drug-likeness (QED) is 0.378. The van der Waals surface area contributed by atoms with E-state index < -0.39 is 0 Å². The molecular weight excluding hydrogens is 444 g/mol. The second-order valence-electron chi connectivity index (χ2n) is 8.59. The van der Waals surface area contributed by atoms with E-state index in [4.69, 9.17) is 14.5 Å². The molecule has 35 heavy (non-hydrogen) atoms. The first kappa shape index (κ1) is 26.1. The highest BCUT2D eigenvalue weighted by atomic mass is 16.5. The van der Waals surface area contributed by atoms with Gasteiger partial charge in [0.1, 0.15) is 12.4 Å². The Labute approximate surface area is 207 Å². The van der Waals surface area contributed by atoms with Gasteiger partial charge in [0.15, 0.2) is 11.5 Å². The Morgan fingerprint density at radius 2 is 1.83 bits per heavy atom. The molecule has 188 valence electrons. The van der Waals surface area contributed by atoms with Gasteiger partial charge < -0.3 is 24.3 Å². The molecule has 0 unspecified atom stereocenters. The van der Waals surface area contributed by atoms with Crippen LogP contribution < -0.4 is 14.8 Å². The number of benzene rings is 2. The molecule has 8 heteroatoms.